The molecule has 0 aliphatic carbocycles. The molecule has 6 nitrogen and oxygen atoms in total. The minimum Gasteiger partial charge on any atom is -0.356 e. The Morgan fingerprint density at radius 2 is 2.26 bits per heavy atom. The second-order valence-corrected chi connectivity index (χ2v) is 8.33. The predicted octanol–water partition coefficient (Wildman–Crippen LogP) is 2.66. The van der Waals surface area contributed by atoms with Crippen molar-refractivity contribution in [3.63, 3.8) is 0 Å². The average molecular weight is 389 g/mol. The molecule has 1 aliphatic heterocycles. The molecule has 2 atom stereocenters. The zero-order valence-corrected chi connectivity index (χ0v) is 17.5. The van der Waals surface area contributed by atoms with Crippen LogP contribution >= 0.6 is 11.3 Å². The topological polar surface area (TPSA) is 57.5 Å². The van der Waals surface area contributed by atoms with E-state index >= 15 is 0 Å². The number of nitrogens with one attached hydrogen (secondary N) is 2. The fourth-order valence-corrected chi connectivity index (χ4v) is 4.91. The highest BCUT2D eigenvalue weighted by molar-refractivity contribution is 7.10. The van der Waals surface area contributed by atoms with Gasteiger partial charge in [0.15, 0.2) is 5.96 Å². The first-order chi connectivity index (χ1) is 13.2. The molecule has 3 heterocycles. The van der Waals surface area contributed by atoms with Gasteiger partial charge in [-0.2, -0.15) is 5.10 Å². The fourth-order valence-electron chi connectivity index (χ4n) is 3.93. The van der Waals surface area contributed by atoms with Crippen molar-refractivity contribution in [2.45, 2.75) is 31.7 Å². The number of likely N-dealkylation sites (tertiary alicyclic amines) is 1. The van der Waals surface area contributed by atoms with Crippen molar-refractivity contribution in [2.24, 2.45) is 18.0 Å². The third-order valence-electron chi connectivity index (χ3n) is 5.29. The van der Waals surface area contributed by atoms with Gasteiger partial charge in [0.2, 0.25) is 0 Å². The molecular formula is C20H32N6S. The Labute approximate surface area is 166 Å². The number of guanidine groups is 1. The Morgan fingerprint density at radius 3 is 2.96 bits per heavy atom. The molecule has 7 heteroatoms. The van der Waals surface area contributed by atoms with Gasteiger partial charge in [-0.3, -0.25) is 14.6 Å². The number of hydrogen-bond donors (Lipinski definition) is 2. The quantitative estimate of drug-likeness (QED) is 0.435. The molecule has 2 aromatic heterocycles. The minimum atomic E-state index is 0.509. The predicted molar refractivity (Wildman–Crippen MR) is 113 cm³/mol. The van der Waals surface area contributed by atoms with Gasteiger partial charge in [-0.25, -0.2) is 0 Å². The summed E-state index contributed by atoms with van der Waals surface area (Å²) >= 11 is 1.87. The van der Waals surface area contributed by atoms with E-state index in [9.17, 15) is 0 Å². The molecule has 2 N–H and O–H groups in total. The van der Waals surface area contributed by atoms with E-state index in [0.717, 1.165) is 31.9 Å². The molecule has 2 unspecified atom stereocenters. The van der Waals surface area contributed by atoms with E-state index in [1.165, 1.54) is 29.8 Å². The summed E-state index contributed by atoms with van der Waals surface area (Å²) in [6, 6.07) is 4.95. The van der Waals surface area contributed by atoms with E-state index in [1.807, 2.05) is 36.3 Å². The van der Waals surface area contributed by atoms with Crippen molar-refractivity contribution in [1.82, 2.24) is 25.3 Å². The number of hydrogen-bond acceptors (Lipinski definition) is 4. The third-order valence-corrected chi connectivity index (χ3v) is 6.23. The lowest BCUT2D eigenvalue weighted by atomic mass is 9.88. The van der Waals surface area contributed by atoms with E-state index in [0.29, 0.717) is 12.0 Å². The van der Waals surface area contributed by atoms with Gasteiger partial charge in [-0.1, -0.05) is 6.07 Å². The van der Waals surface area contributed by atoms with Crippen molar-refractivity contribution in [3.05, 3.63) is 40.3 Å². The van der Waals surface area contributed by atoms with Crippen LogP contribution in [0.4, 0.5) is 0 Å². The second kappa shape index (κ2) is 9.90. The van der Waals surface area contributed by atoms with Crippen LogP contribution in [-0.4, -0.2) is 54.4 Å². The van der Waals surface area contributed by atoms with Crippen molar-refractivity contribution in [3.8, 4) is 0 Å². The smallest absolute Gasteiger partial charge is 0.190 e. The lowest BCUT2D eigenvalue weighted by Gasteiger charge is -2.39. The molecule has 2 aromatic rings. The second-order valence-electron chi connectivity index (χ2n) is 7.35. The first-order valence-electron chi connectivity index (χ1n) is 9.83. The highest BCUT2D eigenvalue weighted by Gasteiger charge is 2.31. The maximum absolute atomic E-state index is 4.39. The summed E-state index contributed by atoms with van der Waals surface area (Å²) in [5, 5.41) is 13.4. The zero-order valence-electron chi connectivity index (χ0n) is 16.7. The third kappa shape index (κ3) is 5.56. The molecule has 0 bridgehead atoms. The van der Waals surface area contributed by atoms with Gasteiger partial charge < -0.3 is 10.6 Å². The Morgan fingerprint density at radius 1 is 1.37 bits per heavy atom. The van der Waals surface area contributed by atoms with E-state index in [4.69, 9.17) is 0 Å². The maximum atomic E-state index is 4.39. The number of aryl methyl sites for hydroxylation is 2. The molecule has 0 radical (unpaired) electrons. The summed E-state index contributed by atoms with van der Waals surface area (Å²) in [5.74, 6) is 1.51. The summed E-state index contributed by atoms with van der Waals surface area (Å²) in [6.45, 7) is 3.04. The van der Waals surface area contributed by atoms with Crippen molar-refractivity contribution in [2.75, 3.05) is 33.7 Å². The molecule has 0 aromatic carbocycles. The Balaban J connectivity index is 1.45. The van der Waals surface area contributed by atoms with Crippen LogP contribution in [0.25, 0.3) is 0 Å². The van der Waals surface area contributed by atoms with Gasteiger partial charge in [0.25, 0.3) is 0 Å². The average Bonchev–Trinajstić information content (AvgIpc) is 3.33. The van der Waals surface area contributed by atoms with Crippen LogP contribution in [0.3, 0.4) is 0 Å². The SMILES string of the molecule is CN=C(NCCCc1cnn(C)c1)NCC1CCCN(C)C1c1cccs1. The molecule has 0 amide bonds. The van der Waals surface area contributed by atoms with E-state index in [-0.39, 0.29) is 0 Å². The zero-order chi connectivity index (χ0) is 19.1. The van der Waals surface area contributed by atoms with E-state index in [1.54, 1.807) is 0 Å². The van der Waals surface area contributed by atoms with Crippen LogP contribution in [0.1, 0.15) is 35.7 Å². The number of nitrogens with zero attached hydrogens (tertiary/aromatic N) is 4. The number of aliphatic imine (C=N–C) groups is 1. The van der Waals surface area contributed by atoms with Crippen molar-refractivity contribution < 1.29 is 0 Å². The Kier molecular flexibility index (Phi) is 7.29. The van der Waals surface area contributed by atoms with Gasteiger partial charge in [-0.15, -0.1) is 11.3 Å². The number of thiophene rings is 1. The lowest BCUT2D eigenvalue weighted by Crippen LogP contribution is -2.45. The summed E-state index contributed by atoms with van der Waals surface area (Å²) in [4.78, 5) is 8.38. The standard InChI is InChI=1S/C20H32N6S/c1-21-20(22-10-4-7-16-13-24-26(3)15-16)23-14-17-8-5-11-25(2)19(17)18-9-6-12-27-18/h6,9,12-13,15,17,19H,4-5,7-8,10-11,14H2,1-3H3,(H2,21,22,23). The number of aromatic nitrogens is 2. The largest absolute Gasteiger partial charge is 0.356 e. The Bertz CT molecular complexity index is 708. The van der Waals surface area contributed by atoms with Crippen LogP contribution in [-0.2, 0) is 13.5 Å². The molecule has 148 valence electrons. The number of piperidine rings is 1. The normalized spacial score (nSPS) is 21.4. The van der Waals surface area contributed by atoms with Gasteiger partial charge >= 0.3 is 0 Å². The highest BCUT2D eigenvalue weighted by Crippen LogP contribution is 2.36. The van der Waals surface area contributed by atoms with E-state index in [2.05, 4.69) is 56.4 Å². The van der Waals surface area contributed by atoms with E-state index < -0.39 is 0 Å². The molecular weight excluding hydrogens is 356 g/mol. The van der Waals surface area contributed by atoms with Crippen molar-refractivity contribution in [1.29, 1.82) is 0 Å². The van der Waals surface area contributed by atoms with Crippen LogP contribution in [0.5, 0.6) is 0 Å². The molecule has 1 aliphatic rings. The first kappa shape index (κ1) is 19.9. The van der Waals surface area contributed by atoms with Crippen LogP contribution in [0, 0.1) is 5.92 Å². The molecule has 1 fully saturated rings. The van der Waals surface area contributed by atoms with Gasteiger partial charge in [0, 0.05) is 44.3 Å². The minimum absolute atomic E-state index is 0.509. The summed E-state index contributed by atoms with van der Waals surface area (Å²) < 4.78 is 1.86. The summed E-state index contributed by atoms with van der Waals surface area (Å²) in [6.07, 6.45) is 8.65. The van der Waals surface area contributed by atoms with Gasteiger partial charge in [0.1, 0.15) is 0 Å². The first-order valence-corrected chi connectivity index (χ1v) is 10.7. The van der Waals surface area contributed by atoms with Gasteiger partial charge in [0.05, 0.1) is 6.20 Å². The fraction of sp³-hybridized carbons (Fsp3) is 0.600. The monoisotopic (exact) mass is 388 g/mol. The van der Waals surface area contributed by atoms with Crippen LogP contribution < -0.4 is 10.6 Å². The molecule has 1 saturated heterocycles. The molecule has 3 rings (SSSR count). The lowest BCUT2D eigenvalue weighted by molar-refractivity contribution is 0.125. The van der Waals surface area contributed by atoms with Crippen LogP contribution in [0.15, 0.2) is 34.9 Å². The molecule has 27 heavy (non-hydrogen) atoms. The Hall–Kier alpha value is -1.86. The summed E-state index contributed by atoms with van der Waals surface area (Å²) in [7, 11) is 6.06. The molecule has 0 spiro atoms. The highest BCUT2D eigenvalue weighted by atomic mass is 32.1. The number of rotatable bonds is 7. The summed E-state index contributed by atoms with van der Waals surface area (Å²) in [5.41, 5.74) is 1.28. The maximum Gasteiger partial charge on any atom is 0.190 e. The van der Waals surface area contributed by atoms with Crippen molar-refractivity contribution >= 4 is 17.3 Å². The van der Waals surface area contributed by atoms with Gasteiger partial charge in [-0.05, 0) is 62.2 Å². The molecule has 0 saturated carbocycles. The van der Waals surface area contributed by atoms with Crippen LogP contribution in [0.2, 0.25) is 0 Å².